The van der Waals surface area contributed by atoms with Gasteiger partial charge in [-0.3, -0.25) is 9.79 Å². The largest absolute Gasteiger partial charge is 0.382 e. The molecule has 0 heterocycles. The SMILES string of the molecule is CCNC(=NCCCCOCC)NCCNC(=O)c1ccc(C)c(F)c1.I. The minimum Gasteiger partial charge on any atom is -0.382 e. The maximum Gasteiger partial charge on any atom is 0.251 e. The number of aryl methyl sites for hydroxylation is 1. The molecule has 0 bridgehead atoms. The first kappa shape index (κ1) is 25.6. The van der Waals surface area contributed by atoms with Gasteiger partial charge < -0.3 is 20.7 Å². The summed E-state index contributed by atoms with van der Waals surface area (Å²) >= 11 is 0. The molecule has 1 amide bonds. The molecular formula is C19H32FIN4O2. The third kappa shape index (κ3) is 11.1. The highest BCUT2D eigenvalue weighted by Crippen LogP contribution is 2.08. The molecule has 27 heavy (non-hydrogen) atoms. The molecule has 1 rings (SSSR count). The Labute approximate surface area is 178 Å². The van der Waals surface area contributed by atoms with Gasteiger partial charge in [-0.1, -0.05) is 6.07 Å². The Kier molecular flexibility index (Phi) is 14.8. The van der Waals surface area contributed by atoms with Crippen LogP contribution >= 0.6 is 24.0 Å². The van der Waals surface area contributed by atoms with Crippen LogP contribution in [0.5, 0.6) is 0 Å². The summed E-state index contributed by atoms with van der Waals surface area (Å²) in [6, 6.07) is 4.48. The van der Waals surface area contributed by atoms with Crippen molar-refractivity contribution in [2.45, 2.75) is 33.6 Å². The monoisotopic (exact) mass is 494 g/mol. The second-order valence-corrected chi connectivity index (χ2v) is 5.81. The predicted octanol–water partition coefficient (Wildman–Crippen LogP) is 2.85. The van der Waals surface area contributed by atoms with E-state index in [9.17, 15) is 9.18 Å². The Hall–Kier alpha value is -1.42. The van der Waals surface area contributed by atoms with E-state index in [-0.39, 0.29) is 35.7 Å². The second-order valence-electron chi connectivity index (χ2n) is 5.81. The molecule has 0 aliphatic heterocycles. The highest BCUT2D eigenvalue weighted by Gasteiger charge is 2.07. The number of guanidine groups is 1. The van der Waals surface area contributed by atoms with Crippen LogP contribution in [0.3, 0.4) is 0 Å². The topological polar surface area (TPSA) is 74.8 Å². The molecule has 0 aliphatic rings. The number of carbonyl (C=O) groups excluding carboxylic acids is 1. The molecule has 8 heteroatoms. The van der Waals surface area contributed by atoms with Gasteiger partial charge in [0.25, 0.3) is 5.91 Å². The van der Waals surface area contributed by atoms with Gasteiger partial charge in [-0.25, -0.2) is 4.39 Å². The molecule has 0 aromatic heterocycles. The van der Waals surface area contributed by atoms with E-state index < -0.39 is 0 Å². The molecule has 1 aromatic rings. The Bertz CT molecular complexity index is 585. The summed E-state index contributed by atoms with van der Waals surface area (Å²) in [4.78, 5) is 16.5. The van der Waals surface area contributed by atoms with Gasteiger partial charge in [0.1, 0.15) is 5.82 Å². The number of nitrogens with zero attached hydrogens (tertiary/aromatic N) is 1. The van der Waals surface area contributed by atoms with Crippen molar-refractivity contribution in [1.29, 1.82) is 0 Å². The summed E-state index contributed by atoms with van der Waals surface area (Å²) in [7, 11) is 0. The van der Waals surface area contributed by atoms with Crippen molar-refractivity contribution in [3.8, 4) is 0 Å². The number of rotatable bonds is 11. The van der Waals surface area contributed by atoms with E-state index in [0.717, 1.165) is 45.1 Å². The molecule has 0 spiro atoms. The predicted molar refractivity (Wildman–Crippen MR) is 119 cm³/mol. The minimum atomic E-state index is -0.373. The number of amides is 1. The first-order valence-corrected chi connectivity index (χ1v) is 9.22. The fourth-order valence-corrected chi connectivity index (χ4v) is 2.19. The van der Waals surface area contributed by atoms with Crippen LogP contribution in [0, 0.1) is 12.7 Å². The quantitative estimate of drug-likeness (QED) is 0.192. The number of nitrogens with one attached hydrogen (secondary N) is 3. The molecule has 0 atom stereocenters. The molecule has 6 nitrogen and oxygen atoms in total. The van der Waals surface area contributed by atoms with Gasteiger partial charge in [-0.2, -0.15) is 0 Å². The van der Waals surface area contributed by atoms with Crippen molar-refractivity contribution in [3.63, 3.8) is 0 Å². The van der Waals surface area contributed by atoms with Gasteiger partial charge in [-0.15, -0.1) is 24.0 Å². The Morgan fingerprint density at radius 3 is 2.56 bits per heavy atom. The van der Waals surface area contributed by atoms with Gasteiger partial charge in [0.15, 0.2) is 5.96 Å². The molecule has 1 aromatic carbocycles. The number of hydrogen-bond donors (Lipinski definition) is 3. The standard InChI is InChI=1S/C19H31FN4O2.HI/c1-4-21-19(23-10-6-7-13-26-5-2)24-12-11-22-18(25)16-9-8-15(3)17(20)14-16;/h8-9,14H,4-7,10-13H2,1-3H3,(H,22,25)(H2,21,23,24);1H. The van der Waals surface area contributed by atoms with E-state index in [0.29, 0.717) is 24.2 Å². The van der Waals surface area contributed by atoms with E-state index in [1.165, 1.54) is 6.07 Å². The molecule has 0 radical (unpaired) electrons. The van der Waals surface area contributed by atoms with Gasteiger partial charge in [0.2, 0.25) is 0 Å². The van der Waals surface area contributed by atoms with Gasteiger partial charge in [0.05, 0.1) is 0 Å². The lowest BCUT2D eigenvalue weighted by Crippen LogP contribution is -2.41. The van der Waals surface area contributed by atoms with Crippen molar-refractivity contribution < 1.29 is 13.9 Å². The first-order valence-electron chi connectivity index (χ1n) is 9.22. The van der Waals surface area contributed by atoms with Gasteiger partial charge in [0, 0.05) is 45.0 Å². The highest BCUT2D eigenvalue weighted by molar-refractivity contribution is 14.0. The molecule has 0 aliphatic carbocycles. The van der Waals surface area contributed by atoms with Crippen molar-refractivity contribution in [3.05, 3.63) is 35.1 Å². The lowest BCUT2D eigenvalue weighted by Gasteiger charge is -2.12. The van der Waals surface area contributed by atoms with Crippen molar-refractivity contribution in [2.24, 2.45) is 4.99 Å². The summed E-state index contributed by atoms with van der Waals surface area (Å²) in [6.45, 7) is 9.60. The summed E-state index contributed by atoms with van der Waals surface area (Å²) in [6.07, 6.45) is 1.95. The fourth-order valence-electron chi connectivity index (χ4n) is 2.19. The van der Waals surface area contributed by atoms with Crippen molar-refractivity contribution in [2.75, 3.05) is 39.4 Å². The van der Waals surface area contributed by atoms with E-state index in [1.54, 1.807) is 19.1 Å². The lowest BCUT2D eigenvalue weighted by atomic mass is 10.1. The minimum absolute atomic E-state index is 0. The average molecular weight is 494 g/mol. The van der Waals surface area contributed by atoms with Crippen LogP contribution in [0.15, 0.2) is 23.2 Å². The smallest absolute Gasteiger partial charge is 0.251 e. The Morgan fingerprint density at radius 2 is 1.89 bits per heavy atom. The summed E-state index contributed by atoms with van der Waals surface area (Å²) in [5.41, 5.74) is 0.846. The third-order valence-corrected chi connectivity index (χ3v) is 3.65. The molecule has 3 N–H and O–H groups in total. The summed E-state index contributed by atoms with van der Waals surface area (Å²) in [5, 5.41) is 9.10. The fraction of sp³-hybridized carbons (Fsp3) is 0.579. The summed E-state index contributed by atoms with van der Waals surface area (Å²) < 4.78 is 18.8. The average Bonchev–Trinajstić information content (AvgIpc) is 2.63. The van der Waals surface area contributed by atoms with E-state index in [2.05, 4.69) is 20.9 Å². The Balaban J connectivity index is 0.00000676. The highest BCUT2D eigenvalue weighted by atomic mass is 127. The van der Waals surface area contributed by atoms with Gasteiger partial charge in [-0.05, 0) is 51.3 Å². The van der Waals surface area contributed by atoms with E-state index in [4.69, 9.17) is 4.74 Å². The number of carbonyl (C=O) groups is 1. The maximum absolute atomic E-state index is 13.5. The first-order chi connectivity index (χ1) is 12.6. The van der Waals surface area contributed by atoms with Crippen LogP contribution in [0.2, 0.25) is 0 Å². The Morgan fingerprint density at radius 1 is 1.15 bits per heavy atom. The van der Waals surface area contributed by atoms with Crippen LogP contribution in [0.1, 0.15) is 42.6 Å². The van der Waals surface area contributed by atoms with Crippen LogP contribution in [-0.4, -0.2) is 51.3 Å². The van der Waals surface area contributed by atoms with Crippen molar-refractivity contribution in [1.82, 2.24) is 16.0 Å². The van der Waals surface area contributed by atoms with Crippen LogP contribution in [0.25, 0.3) is 0 Å². The van der Waals surface area contributed by atoms with E-state index in [1.807, 2.05) is 13.8 Å². The zero-order valence-corrected chi connectivity index (χ0v) is 18.8. The maximum atomic E-state index is 13.5. The van der Waals surface area contributed by atoms with Gasteiger partial charge >= 0.3 is 0 Å². The number of hydrogen-bond acceptors (Lipinski definition) is 3. The van der Waals surface area contributed by atoms with Crippen LogP contribution in [-0.2, 0) is 4.74 Å². The molecule has 154 valence electrons. The van der Waals surface area contributed by atoms with Crippen LogP contribution in [0.4, 0.5) is 4.39 Å². The number of ether oxygens (including phenoxy) is 1. The number of aliphatic imine (C=N–C) groups is 1. The third-order valence-electron chi connectivity index (χ3n) is 3.65. The number of halogens is 2. The zero-order valence-electron chi connectivity index (χ0n) is 16.4. The number of unbranched alkanes of at least 4 members (excludes halogenated alkanes) is 1. The molecular weight excluding hydrogens is 462 g/mol. The normalized spacial score (nSPS) is 10.9. The molecule has 0 fully saturated rings. The van der Waals surface area contributed by atoms with Crippen LogP contribution < -0.4 is 16.0 Å². The lowest BCUT2D eigenvalue weighted by molar-refractivity contribution is 0.0954. The van der Waals surface area contributed by atoms with Crippen molar-refractivity contribution >= 4 is 35.8 Å². The zero-order chi connectivity index (χ0) is 19.2. The second kappa shape index (κ2) is 15.6. The summed E-state index contributed by atoms with van der Waals surface area (Å²) in [5.74, 6) is 0.0600. The molecule has 0 unspecified atom stereocenters. The van der Waals surface area contributed by atoms with E-state index >= 15 is 0 Å². The molecule has 0 saturated heterocycles. The molecule has 0 saturated carbocycles. The number of benzene rings is 1.